The van der Waals surface area contributed by atoms with Crippen LogP contribution in [0.25, 0.3) is 0 Å². The van der Waals surface area contributed by atoms with Crippen LogP contribution in [0, 0.1) is 0 Å². The summed E-state index contributed by atoms with van der Waals surface area (Å²) in [7, 11) is -22.9. The standard InChI is InChI=1S/C42H52O17S5/c1-2-3-14-39-29-10-6-11-30(39)22-35-27-38(64(55,56)57)28-36(42(35)59-17-9-20-62(49,50)51)24-34-26-37(63(52,53)54)25-33(40(34)15-4-5-18-60(43,44)45)23-32-13-7-12-31(21-29)41(32)58-16-8-19-61(46,47)48/h6-7,10-13,25-28H,2-5,8-9,14-24H2,1H3,(H,43,44,45)(H,46,47,48)(H,49,50,51)(H,52,53,54)(H,55,56,57). The fourth-order valence-electron chi connectivity index (χ4n) is 7.90. The van der Waals surface area contributed by atoms with Crippen molar-refractivity contribution in [1.82, 2.24) is 0 Å². The molecule has 0 fully saturated rings. The van der Waals surface area contributed by atoms with E-state index in [9.17, 15) is 64.9 Å². The number of hydrogen-bond acceptors (Lipinski definition) is 12. The highest BCUT2D eigenvalue weighted by Crippen LogP contribution is 2.38. The predicted octanol–water partition coefficient (Wildman–Crippen LogP) is 5.72. The first-order valence-corrected chi connectivity index (χ1v) is 28.1. The third kappa shape index (κ3) is 15.0. The van der Waals surface area contributed by atoms with Crippen LogP contribution in [0.2, 0.25) is 0 Å². The number of fused-ring (bicyclic) bond motifs is 8. The molecule has 1 aliphatic carbocycles. The van der Waals surface area contributed by atoms with Crippen molar-refractivity contribution in [2.45, 2.75) is 93.8 Å². The van der Waals surface area contributed by atoms with Gasteiger partial charge < -0.3 is 9.47 Å². The molecule has 0 radical (unpaired) electrons. The molecule has 0 aliphatic heterocycles. The van der Waals surface area contributed by atoms with Crippen molar-refractivity contribution in [3.8, 4) is 11.5 Å². The number of hydrogen-bond donors (Lipinski definition) is 5. The Morgan fingerprint density at radius 1 is 0.438 bits per heavy atom. The molecule has 5 N–H and O–H groups in total. The first-order chi connectivity index (χ1) is 29.8. The average Bonchev–Trinajstić information content (AvgIpc) is 3.16. The Hall–Kier alpha value is -3.97. The molecule has 0 unspecified atom stereocenters. The van der Waals surface area contributed by atoms with E-state index in [1.807, 2.05) is 31.2 Å². The van der Waals surface area contributed by atoms with Crippen LogP contribution in [0.5, 0.6) is 11.5 Å². The van der Waals surface area contributed by atoms with Gasteiger partial charge in [0.2, 0.25) is 0 Å². The highest BCUT2D eigenvalue weighted by Gasteiger charge is 2.26. The number of para-hydroxylation sites is 1. The van der Waals surface area contributed by atoms with Gasteiger partial charge in [0.25, 0.3) is 50.6 Å². The molecular formula is C42H52O17S5. The third-order valence-corrected chi connectivity index (χ3v) is 14.8. The molecule has 1 aliphatic rings. The number of ether oxygens (including phenoxy) is 2. The monoisotopic (exact) mass is 988 g/mol. The summed E-state index contributed by atoms with van der Waals surface area (Å²) < 4.78 is 183. The van der Waals surface area contributed by atoms with Gasteiger partial charge in [0.15, 0.2) is 0 Å². The summed E-state index contributed by atoms with van der Waals surface area (Å²) in [5.74, 6) is -1.39. The molecule has 0 atom stereocenters. The summed E-state index contributed by atoms with van der Waals surface area (Å²) in [6, 6.07) is 15.7. The van der Waals surface area contributed by atoms with Crippen LogP contribution in [-0.4, -0.2) is 95.3 Å². The van der Waals surface area contributed by atoms with Crippen molar-refractivity contribution >= 4 is 50.6 Å². The van der Waals surface area contributed by atoms with Crippen LogP contribution in [0.3, 0.4) is 0 Å². The van der Waals surface area contributed by atoms with Gasteiger partial charge in [-0.05, 0) is 114 Å². The molecule has 352 valence electrons. The van der Waals surface area contributed by atoms with Crippen molar-refractivity contribution in [2.24, 2.45) is 0 Å². The number of unbranched alkanes of at least 4 members (excludes halogenated alkanes) is 2. The lowest BCUT2D eigenvalue weighted by atomic mass is 9.86. The smallest absolute Gasteiger partial charge is 0.294 e. The first-order valence-electron chi connectivity index (χ1n) is 20.4. The van der Waals surface area contributed by atoms with Crippen LogP contribution >= 0.6 is 0 Å². The summed E-state index contributed by atoms with van der Waals surface area (Å²) in [6.07, 6.45) is 1.99. The molecule has 0 spiro atoms. The highest BCUT2D eigenvalue weighted by atomic mass is 32.2. The minimum Gasteiger partial charge on any atom is -0.493 e. The molecule has 64 heavy (non-hydrogen) atoms. The zero-order valence-electron chi connectivity index (χ0n) is 35.0. The second-order valence-electron chi connectivity index (χ2n) is 15.7. The van der Waals surface area contributed by atoms with Gasteiger partial charge in [0.1, 0.15) is 11.5 Å². The molecule has 5 rings (SSSR count). The van der Waals surface area contributed by atoms with Crippen molar-refractivity contribution in [3.63, 3.8) is 0 Å². The maximum absolute atomic E-state index is 13.0. The first kappa shape index (κ1) is 51.0. The van der Waals surface area contributed by atoms with Gasteiger partial charge in [0.05, 0.1) is 40.3 Å². The largest absolute Gasteiger partial charge is 0.493 e. The third-order valence-electron chi connectivity index (χ3n) is 10.7. The van der Waals surface area contributed by atoms with E-state index in [1.54, 1.807) is 12.1 Å². The van der Waals surface area contributed by atoms with Crippen LogP contribution in [-0.2, 0) is 89.1 Å². The molecule has 0 amide bonds. The Morgan fingerprint density at radius 3 is 1.22 bits per heavy atom. The molecule has 0 heterocycles. The molecule has 4 aromatic rings. The van der Waals surface area contributed by atoms with E-state index in [0.29, 0.717) is 34.4 Å². The zero-order chi connectivity index (χ0) is 47.1. The molecule has 4 aromatic carbocycles. The quantitative estimate of drug-likeness (QED) is 0.0460. The van der Waals surface area contributed by atoms with E-state index in [0.717, 1.165) is 35.6 Å². The zero-order valence-corrected chi connectivity index (χ0v) is 39.1. The van der Waals surface area contributed by atoms with Gasteiger partial charge in [-0.2, -0.15) is 42.1 Å². The average molecular weight is 989 g/mol. The van der Waals surface area contributed by atoms with Gasteiger partial charge in [0, 0.05) is 36.8 Å². The normalized spacial score (nSPS) is 13.7. The van der Waals surface area contributed by atoms with E-state index >= 15 is 0 Å². The molecular weight excluding hydrogens is 937 g/mol. The van der Waals surface area contributed by atoms with Gasteiger partial charge in [-0.3, -0.25) is 22.8 Å². The van der Waals surface area contributed by atoms with E-state index < -0.39 is 77.6 Å². The summed E-state index contributed by atoms with van der Waals surface area (Å²) in [5.41, 5.74) is 5.04. The molecule has 0 saturated heterocycles. The molecule has 8 bridgehead atoms. The maximum atomic E-state index is 13.0. The van der Waals surface area contributed by atoms with Crippen LogP contribution in [0.15, 0.2) is 70.5 Å². The molecule has 0 aromatic heterocycles. The van der Waals surface area contributed by atoms with Crippen molar-refractivity contribution < 1.29 is 74.3 Å². The maximum Gasteiger partial charge on any atom is 0.294 e. The van der Waals surface area contributed by atoms with Crippen molar-refractivity contribution in [2.75, 3.05) is 30.5 Å². The minimum absolute atomic E-state index is 0.0225. The Bertz CT molecular complexity index is 2910. The van der Waals surface area contributed by atoms with Crippen LogP contribution < -0.4 is 9.47 Å². The van der Waals surface area contributed by atoms with E-state index in [4.69, 9.17) is 9.47 Å². The second-order valence-corrected chi connectivity index (χ2v) is 23.3. The fourth-order valence-corrected chi connectivity index (χ4v) is 10.6. The lowest BCUT2D eigenvalue weighted by molar-refractivity contribution is 0.310. The number of benzene rings is 4. The van der Waals surface area contributed by atoms with Gasteiger partial charge in [-0.15, -0.1) is 0 Å². The lowest BCUT2D eigenvalue weighted by Crippen LogP contribution is -2.14. The fraction of sp³-hybridized carbons (Fsp3) is 0.429. The van der Waals surface area contributed by atoms with Crippen LogP contribution in [0.4, 0.5) is 0 Å². The Morgan fingerprint density at radius 2 is 0.781 bits per heavy atom. The van der Waals surface area contributed by atoms with E-state index in [-0.39, 0.29) is 93.4 Å². The second kappa shape index (κ2) is 21.1. The van der Waals surface area contributed by atoms with Crippen molar-refractivity contribution in [1.29, 1.82) is 0 Å². The Labute approximate surface area is 375 Å². The predicted molar refractivity (Wildman–Crippen MR) is 238 cm³/mol. The van der Waals surface area contributed by atoms with Gasteiger partial charge >= 0.3 is 0 Å². The Kier molecular flexibility index (Phi) is 16.8. The minimum atomic E-state index is -4.95. The Balaban J connectivity index is 1.86. The summed E-state index contributed by atoms with van der Waals surface area (Å²) in [4.78, 5) is -1.08. The van der Waals surface area contributed by atoms with Crippen LogP contribution in [0.1, 0.15) is 101 Å². The topological polar surface area (TPSA) is 290 Å². The summed E-state index contributed by atoms with van der Waals surface area (Å²) >= 11 is 0. The van der Waals surface area contributed by atoms with Gasteiger partial charge in [-0.1, -0.05) is 49.7 Å². The van der Waals surface area contributed by atoms with Crippen molar-refractivity contribution in [3.05, 3.63) is 116 Å². The SMILES string of the molecule is CCCCc1c2cccc1Cc1cc(S(=O)(=O)O)cc(c1OCCCS(=O)(=O)O)Cc1cc(S(=O)(=O)O)cc(c1CCCCS(=O)(=O)O)Cc1cccc(c1OCCCS(=O)(=O)O)C2. The number of rotatable bonds is 20. The molecule has 22 heteroatoms. The van der Waals surface area contributed by atoms with E-state index in [2.05, 4.69) is 0 Å². The summed E-state index contributed by atoms with van der Waals surface area (Å²) in [6.45, 7) is 1.60. The van der Waals surface area contributed by atoms with Gasteiger partial charge in [-0.25, -0.2) is 0 Å². The lowest BCUT2D eigenvalue weighted by Gasteiger charge is -2.24. The highest BCUT2D eigenvalue weighted by molar-refractivity contribution is 7.86. The molecule has 17 nitrogen and oxygen atoms in total. The summed E-state index contributed by atoms with van der Waals surface area (Å²) in [5, 5.41) is 0. The molecule has 0 saturated carbocycles. The van der Waals surface area contributed by atoms with E-state index in [1.165, 1.54) is 18.2 Å².